The van der Waals surface area contributed by atoms with Crippen molar-refractivity contribution in [1.29, 1.82) is 0 Å². The molecule has 2 saturated heterocycles. The maximum absolute atomic E-state index is 12.6. The fourth-order valence-corrected chi connectivity index (χ4v) is 4.37. The average Bonchev–Trinajstić information content (AvgIpc) is 3.28. The summed E-state index contributed by atoms with van der Waals surface area (Å²) in [4.78, 5) is 30.4. The van der Waals surface area contributed by atoms with Crippen molar-refractivity contribution >= 4 is 28.2 Å². The summed E-state index contributed by atoms with van der Waals surface area (Å²) in [6.07, 6.45) is 4.29. The molecule has 27 heavy (non-hydrogen) atoms. The summed E-state index contributed by atoms with van der Waals surface area (Å²) in [5.41, 5.74) is 0. The summed E-state index contributed by atoms with van der Waals surface area (Å²) in [5, 5.41) is 3.13. The molecule has 144 valence electrons. The molecule has 0 aliphatic carbocycles. The van der Waals surface area contributed by atoms with E-state index < -0.39 is 0 Å². The van der Waals surface area contributed by atoms with Crippen LogP contribution < -0.4 is 9.80 Å². The van der Waals surface area contributed by atoms with E-state index in [2.05, 4.69) is 24.7 Å². The first-order valence-corrected chi connectivity index (χ1v) is 10.5. The number of carbonyl (C=O) groups is 1. The molecule has 8 heteroatoms. The fraction of sp³-hybridized carbons (Fsp3) is 0.526. The number of anilines is 2. The van der Waals surface area contributed by atoms with Gasteiger partial charge in [-0.15, -0.1) is 11.3 Å². The maximum Gasteiger partial charge on any atom is 0.223 e. The average molecular weight is 387 g/mol. The van der Waals surface area contributed by atoms with Crippen molar-refractivity contribution in [2.24, 2.45) is 0 Å². The predicted octanol–water partition coefficient (Wildman–Crippen LogP) is 1.40. The number of carbonyl (C=O) groups excluding carboxylic acids is 1. The summed E-state index contributed by atoms with van der Waals surface area (Å²) in [7, 11) is 0. The second-order valence-electron chi connectivity index (χ2n) is 6.95. The molecule has 0 N–H and O–H groups in total. The molecule has 1 amide bonds. The van der Waals surface area contributed by atoms with E-state index in [0.717, 1.165) is 69.9 Å². The zero-order valence-corrected chi connectivity index (χ0v) is 16.4. The Morgan fingerprint density at radius 2 is 1.70 bits per heavy atom. The molecule has 0 atom stereocenters. The summed E-state index contributed by atoms with van der Waals surface area (Å²) in [5.74, 6) is 1.28. The fourth-order valence-electron chi connectivity index (χ4n) is 3.67. The molecule has 2 aromatic rings. The topological polar surface area (TPSA) is 55.8 Å². The number of nitrogens with zero attached hydrogens (tertiary/aromatic N) is 6. The first kappa shape index (κ1) is 18.2. The Hall–Kier alpha value is -2.19. The Morgan fingerprint density at radius 1 is 0.926 bits per heavy atom. The lowest BCUT2D eigenvalue weighted by Crippen LogP contribution is -2.50. The number of aromatic nitrogens is 2. The maximum atomic E-state index is 12.6. The number of pyridine rings is 1. The number of hydrogen-bond acceptors (Lipinski definition) is 7. The lowest BCUT2D eigenvalue weighted by molar-refractivity contribution is -0.131. The molecule has 4 rings (SSSR count). The van der Waals surface area contributed by atoms with Crippen LogP contribution >= 0.6 is 11.3 Å². The van der Waals surface area contributed by atoms with Crippen LogP contribution in [0.15, 0.2) is 36.0 Å². The van der Waals surface area contributed by atoms with Crippen LogP contribution in [0.4, 0.5) is 10.9 Å². The highest BCUT2D eigenvalue weighted by Crippen LogP contribution is 2.19. The van der Waals surface area contributed by atoms with Crippen LogP contribution in [0.1, 0.15) is 6.42 Å². The Morgan fingerprint density at radius 3 is 2.37 bits per heavy atom. The lowest BCUT2D eigenvalue weighted by atomic mass is 10.2. The Labute approximate surface area is 164 Å². The van der Waals surface area contributed by atoms with Gasteiger partial charge >= 0.3 is 0 Å². The third-order valence-electron chi connectivity index (χ3n) is 5.31. The minimum atomic E-state index is 0.276. The minimum Gasteiger partial charge on any atom is -0.353 e. The molecule has 4 heterocycles. The Bertz CT molecular complexity index is 709. The predicted molar refractivity (Wildman–Crippen MR) is 108 cm³/mol. The van der Waals surface area contributed by atoms with E-state index >= 15 is 0 Å². The highest BCUT2D eigenvalue weighted by Gasteiger charge is 2.23. The number of piperazine rings is 2. The number of thiazole rings is 1. The normalized spacial score (nSPS) is 18.7. The lowest BCUT2D eigenvalue weighted by Gasteiger charge is -2.37. The van der Waals surface area contributed by atoms with Crippen LogP contribution in [-0.4, -0.2) is 84.6 Å². The molecule has 0 radical (unpaired) electrons. The van der Waals surface area contributed by atoms with E-state index in [1.54, 1.807) is 11.3 Å². The molecule has 2 aliphatic heterocycles. The van der Waals surface area contributed by atoms with Gasteiger partial charge in [0.1, 0.15) is 5.82 Å². The van der Waals surface area contributed by atoms with E-state index in [4.69, 9.17) is 0 Å². The number of amides is 1. The van der Waals surface area contributed by atoms with Crippen molar-refractivity contribution in [3.05, 3.63) is 36.0 Å². The standard InChI is InChI=1S/C19H26N6OS/c26-18(24-14-12-23(13-15-24)17-3-1-2-5-20-17)4-7-22-8-10-25(11-9-22)19-21-6-16-27-19/h1-3,5-6,16H,4,7-15H2. The first-order chi connectivity index (χ1) is 13.3. The molecule has 0 spiro atoms. The van der Waals surface area contributed by atoms with Crippen molar-refractivity contribution in [3.8, 4) is 0 Å². The van der Waals surface area contributed by atoms with Gasteiger partial charge in [0.05, 0.1) is 0 Å². The smallest absolute Gasteiger partial charge is 0.223 e. The van der Waals surface area contributed by atoms with Gasteiger partial charge in [0, 0.05) is 83.1 Å². The Kier molecular flexibility index (Phi) is 5.84. The molecule has 0 aromatic carbocycles. The highest BCUT2D eigenvalue weighted by molar-refractivity contribution is 7.13. The third-order valence-corrected chi connectivity index (χ3v) is 6.14. The quantitative estimate of drug-likeness (QED) is 0.774. The van der Waals surface area contributed by atoms with Crippen molar-refractivity contribution in [2.45, 2.75) is 6.42 Å². The molecule has 2 aliphatic rings. The van der Waals surface area contributed by atoms with Crippen LogP contribution in [0.2, 0.25) is 0 Å². The zero-order valence-electron chi connectivity index (χ0n) is 15.5. The molecular weight excluding hydrogens is 360 g/mol. The summed E-state index contributed by atoms with van der Waals surface area (Å²) in [6, 6.07) is 5.97. The molecule has 0 unspecified atom stereocenters. The highest BCUT2D eigenvalue weighted by atomic mass is 32.1. The summed E-state index contributed by atoms with van der Waals surface area (Å²) < 4.78 is 0. The second kappa shape index (κ2) is 8.67. The first-order valence-electron chi connectivity index (χ1n) is 9.60. The van der Waals surface area contributed by atoms with E-state index in [1.807, 2.05) is 40.9 Å². The van der Waals surface area contributed by atoms with Crippen LogP contribution in [0, 0.1) is 0 Å². The Balaban J connectivity index is 1.17. The van der Waals surface area contributed by atoms with Crippen molar-refractivity contribution in [1.82, 2.24) is 19.8 Å². The van der Waals surface area contributed by atoms with Gasteiger partial charge in [-0.2, -0.15) is 0 Å². The van der Waals surface area contributed by atoms with Crippen molar-refractivity contribution in [3.63, 3.8) is 0 Å². The van der Waals surface area contributed by atoms with Gasteiger partial charge in [-0.05, 0) is 12.1 Å². The van der Waals surface area contributed by atoms with Gasteiger partial charge in [0.2, 0.25) is 5.91 Å². The van der Waals surface area contributed by atoms with Crippen molar-refractivity contribution < 1.29 is 4.79 Å². The second-order valence-corrected chi connectivity index (χ2v) is 7.82. The third kappa shape index (κ3) is 4.56. The molecule has 2 aromatic heterocycles. The largest absolute Gasteiger partial charge is 0.353 e. The van der Waals surface area contributed by atoms with E-state index in [1.165, 1.54) is 0 Å². The van der Waals surface area contributed by atoms with Gasteiger partial charge in [0.15, 0.2) is 5.13 Å². The number of rotatable bonds is 5. The van der Waals surface area contributed by atoms with Crippen LogP contribution in [-0.2, 0) is 4.79 Å². The molecule has 0 saturated carbocycles. The van der Waals surface area contributed by atoms with Crippen LogP contribution in [0.5, 0.6) is 0 Å². The van der Waals surface area contributed by atoms with Gasteiger partial charge < -0.3 is 14.7 Å². The van der Waals surface area contributed by atoms with E-state index in [0.29, 0.717) is 6.42 Å². The van der Waals surface area contributed by atoms with E-state index in [-0.39, 0.29) is 5.91 Å². The van der Waals surface area contributed by atoms with Gasteiger partial charge in [-0.3, -0.25) is 9.69 Å². The minimum absolute atomic E-state index is 0.276. The van der Waals surface area contributed by atoms with Crippen LogP contribution in [0.3, 0.4) is 0 Å². The SMILES string of the molecule is O=C(CCN1CCN(c2nccs2)CC1)N1CCN(c2ccccn2)CC1. The number of hydrogen-bond donors (Lipinski definition) is 0. The molecule has 7 nitrogen and oxygen atoms in total. The summed E-state index contributed by atoms with van der Waals surface area (Å²) >= 11 is 1.69. The summed E-state index contributed by atoms with van der Waals surface area (Å²) in [6.45, 7) is 8.12. The van der Waals surface area contributed by atoms with Crippen molar-refractivity contribution in [2.75, 3.05) is 68.7 Å². The van der Waals surface area contributed by atoms with E-state index in [9.17, 15) is 4.79 Å². The molecular formula is C19H26N6OS. The van der Waals surface area contributed by atoms with Gasteiger partial charge in [-0.25, -0.2) is 9.97 Å². The monoisotopic (exact) mass is 386 g/mol. The van der Waals surface area contributed by atoms with Gasteiger partial charge in [-0.1, -0.05) is 6.07 Å². The molecule has 0 bridgehead atoms. The van der Waals surface area contributed by atoms with Gasteiger partial charge in [0.25, 0.3) is 0 Å². The van der Waals surface area contributed by atoms with Crippen LogP contribution in [0.25, 0.3) is 0 Å². The molecule has 2 fully saturated rings. The zero-order chi connectivity index (χ0) is 18.5.